The summed E-state index contributed by atoms with van der Waals surface area (Å²) in [5.41, 5.74) is 1.08. The van der Waals surface area contributed by atoms with Crippen LogP contribution in [0.25, 0.3) is 0 Å². The number of ether oxygens (including phenoxy) is 3. The number of rotatable bonds is 9. The standard InChI is InChI=1S/C14H22ClNO3/c1-4-5-16-10-11-8-12(15)14(13(9-11)18-3)19-7-6-17-2/h8-9,16H,4-7,10H2,1-3H3. The van der Waals surface area contributed by atoms with Gasteiger partial charge < -0.3 is 19.5 Å². The van der Waals surface area contributed by atoms with Gasteiger partial charge in [-0.2, -0.15) is 0 Å². The molecule has 0 saturated heterocycles. The van der Waals surface area contributed by atoms with Crippen molar-refractivity contribution in [2.24, 2.45) is 0 Å². The van der Waals surface area contributed by atoms with Crippen molar-refractivity contribution < 1.29 is 14.2 Å². The average Bonchev–Trinajstić information content (AvgIpc) is 2.41. The Morgan fingerprint density at radius 2 is 2.00 bits per heavy atom. The average molecular weight is 288 g/mol. The van der Waals surface area contributed by atoms with Gasteiger partial charge in [0.15, 0.2) is 11.5 Å². The Labute approximate surface area is 120 Å². The van der Waals surface area contributed by atoms with Crippen LogP contribution in [0.3, 0.4) is 0 Å². The van der Waals surface area contributed by atoms with Crippen LogP contribution in [-0.4, -0.2) is 34.0 Å². The van der Waals surface area contributed by atoms with Gasteiger partial charge in [0.2, 0.25) is 0 Å². The molecule has 0 atom stereocenters. The summed E-state index contributed by atoms with van der Waals surface area (Å²) in [5.74, 6) is 1.22. The fourth-order valence-corrected chi connectivity index (χ4v) is 1.94. The summed E-state index contributed by atoms with van der Waals surface area (Å²) < 4.78 is 15.9. The molecule has 0 spiro atoms. The highest BCUT2D eigenvalue weighted by Gasteiger charge is 2.11. The molecule has 0 saturated carbocycles. The number of methoxy groups -OCH3 is 2. The highest BCUT2D eigenvalue weighted by molar-refractivity contribution is 6.32. The first kappa shape index (κ1) is 16.1. The lowest BCUT2D eigenvalue weighted by Gasteiger charge is -2.14. The van der Waals surface area contributed by atoms with E-state index in [-0.39, 0.29) is 0 Å². The Balaban J connectivity index is 2.76. The monoisotopic (exact) mass is 287 g/mol. The second-order valence-corrected chi connectivity index (χ2v) is 4.53. The number of halogens is 1. The summed E-state index contributed by atoms with van der Waals surface area (Å²) in [4.78, 5) is 0. The minimum absolute atomic E-state index is 0.444. The summed E-state index contributed by atoms with van der Waals surface area (Å²) in [5, 5.41) is 3.89. The third-order valence-electron chi connectivity index (χ3n) is 2.58. The van der Waals surface area contributed by atoms with Gasteiger partial charge in [0.1, 0.15) is 6.61 Å². The molecule has 0 aliphatic carbocycles. The van der Waals surface area contributed by atoms with Gasteiger partial charge in [0, 0.05) is 13.7 Å². The molecule has 1 N–H and O–H groups in total. The van der Waals surface area contributed by atoms with Crippen molar-refractivity contribution in [3.8, 4) is 11.5 Å². The van der Waals surface area contributed by atoms with E-state index in [4.69, 9.17) is 25.8 Å². The van der Waals surface area contributed by atoms with Crippen LogP contribution in [-0.2, 0) is 11.3 Å². The van der Waals surface area contributed by atoms with Crippen molar-refractivity contribution in [2.45, 2.75) is 19.9 Å². The number of hydrogen-bond donors (Lipinski definition) is 1. The zero-order valence-corrected chi connectivity index (χ0v) is 12.5. The van der Waals surface area contributed by atoms with Crippen LogP contribution in [0, 0.1) is 0 Å². The van der Waals surface area contributed by atoms with Gasteiger partial charge in [-0.1, -0.05) is 18.5 Å². The van der Waals surface area contributed by atoms with Crippen LogP contribution >= 0.6 is 11.6 Å². The normalized spacial score (nSPS) is 10.5. The van der Waals surface area contributed by atoms with Crippen LogP contribution < -0.4 is 14.8 Å². The quantitative estimate of drug-likeness (QED) is 0.709. The van der Waals surface area contributed by atoms with E-state index in [2.05, 4.69) is 12.2 Å². The predicted molar refractivity (Wildman–Crippen MR) is 77.4 cm³/mol. The fourth-order valence-electron chi connectivity index (χ4n) is 1.65. The molecule has 4 nitrogen and oxygen atoms in total. The Morgan fingerprint density at radius 3 is 2.63 bits per heavy atom. The van der Waals surface area contributed by atoms with E-state index in [1.807, 2.05) is 12.1 Å². The summed E-state index contributed by atoms with van der Waals surface area (Å²) in [7, 11) is 3.24. The highest BCUT2D eigenvalue weighted by atomic mass is 35.5. The van der Waals surface area contributed by atoms with E-state index < -0.39 is 0 Å². The largest absolute Gasteiger partial charge is 0.493 e. The van der Waals surface area contributed by atoms with E-state index in [0.29, 0.717) is 29.7 Å². The van der Waals surface area contributed by atoms with E-state index in [0.717, 1.165) is 25.1 Å². The van der Waals surface area contributed by atoms with Crippen molar-refractivity contribution in [3.63, 3.8) is 0 Å². The molecule has 0 heterocycles. The smallest absolute Gasteiger partial charge is 0.179 e. The van der Waals surface area contributed by atoms with Crippen LogP contribution in [0.2, 0.25) is 5.02 Å². The van der Waals surface area contributed by atoms with Crippen LogP contribution in [0.1, 0.15) is 18.9 Å². The molecule has 0 aliphatic rings. The molecular weight excluding hydrogens is 266 g/mol. The van der Waals surface area contributed by atoms with Gasteiger partial charge in [0.05, 0.1) is 18.7 Å². The molecule has 19 heavy (non-hydrogen) atoms. The number of nitrogens with one attached hydrogen (secondary N) is 1. The third kappa shape index (κ3) is 5.27. The molecule has 5 heteroatoms. The molecule has 1 rings (SSSR count). The van der Waals surface area contributed by atoms with Crippen LogP contribution in [0.15, 0.2) is 12.1 Å². The SMILES string of the molecule is CCCNCc1cc(Cl)c(OCCOC)c(OC)c1. The molecule has 0 aliphatic heterocycles. The maximum absolute atomic E-state index is 6.23. The first-order valence-corrected chi connectivity index (χ1v) is 6.79. The maximum atomic E-state index is 6.23. The molecule has 0 radical (unpaired) electrons. The maximum Gasteiger partial charge on any atom is 0.179 e. The first-order chi connectivity index (χ1) is 9.22. The molecule has 0 fully saturated rings. The molecule has 1 aromatic carbocycles. The molecule has 0 bridgehead atoms. The summed E-state index contributed by atoms with van der Waals surface area (Å²) >= 11 is 6.23. The van der Waals surface area contributed by atoms with Crippen LogP contribution in [0.4, 0.5) is 0 Å². The third-order valence-corrected chi connectivity index (χ3v) is 2.86. The van der Waals surface area contributed by atoms with Gasteiger partial charge in [-0.25, -0.2) is 0 Å². The van der Waals surface area contributed by atoms with Gasteiger partial charge in [-0.15, -0.1) is 0 Å². The zero-order chi connectivity index (χ0) is 14.1. The number of benzene rings is 1. The highest BCUT2D eigenvalue weighted by Crippen LogP contribution is 2.36. The molecule has 0 aromatic heterocycles. The lowest BCUT2D eigenvalue weighted by molar-refractivity contribution is 0.144. The molecule has 1 aromatic rings. The lowest BCUT2D eigenvalue weighted by atomic mass is 10.2. The summed E-state index contributed by atoms with van der Waals surface area (Å²) in [6.45, 7) is 4.83. The molecular formula is C14H22ClNO3. The van der Waals surface area contributed by atoms with E-state index in [1.165, 1.54) is 0 Å². The van der Waals surface area contributed by atoms with Gasteiger partial charge in [0.25, 0.3) is 0 Å². The second-order valence-electron chi connectivity index (χ2n) is 4.13. The van der Waals surface area contributed by atoms with E-state index in [1.54, 1.807) is 14.2 Å². The zero-order valence-electron chi connectivity index (χ0n) is 11.8. The Hall–Kier alpha value is -0.970. The first-order valence-electron chi connectivity index (χ1n) is 6.41. The van der Waals surface area contributed by atoms with Gasteiger partial charge in [-0.3, -0.25) is 0 Å². The van der Waals surface area contributed by atoms with Crippen molar-refractivity contribution in [3.05, 3.63) is 22.7 Å². The summed E-state index contributed by atoms with van der Waals surface area (Å²) in [6.07, 6.45) is 1.10. The minimum atomic E-state index is 0.444. The molecule has 0 unspecified atom stereocenters. The Morgan fingerprint density at radius 1 is 1.21 bits per heavy atom. The predicted octanol–water partition coefficient (Wildman–Crippen LogP) is 2.87. The number of hydrogen-bond acceptors (Lipinski definition) is 4. The van der Waals surface area contributed by atoms with E-state index >= 15 is 0 Å². The van der Waals surface area contributed by atoms with Crippen molar-refractivity contribution in [2.75, 3.05) is 34.0 Å². The van der Waals surface area contributed by atoms with E-state index in [9.17, 15) is 0 Å². The fraction of sp³-hybridized carbons (Fsp3) is 0.571. The topological polar surface area (TPSA) is 39.7 Å². The molecule has 108 valence electrons. The Bertz CT molecular complexity index is 385. The van der Waals surface area contributed by atoms with Gasteiger partial charge in [-0.05, 0) is 30.7 Å². The van der Waals surface area contributed by atoms with Gasteiger partial charge >= 0.3 is 0 Å². The summed E-state index contributed by atoms with van der Waals surface area (Å²) in [6, 6.07) is 3.84. The van der Waals surface area contributed by atoms with Crippen LogP contribution in [0.5, 0.6) is 11.5 Å². The van der Waals surface area contributed by atoms with Crippen molar-refractivity contribution >= 4 is 11.6 Å². The van der Waals surface area contributed by atoms with Crippen molar-refractivity contribution in [1.82, 2.24) is 5.32 Å². The Kier molecular flexibility index (Phi) is 7.63. The molecule has 0 amide bonds. The minimum Gasteiger partial charge on any atom is -0.493 e. The second kappa shape index (κ2) is 9.02. The lowest BCUT2D eigenvalue weighted by Crippen LogP contribution is -2.14. The van der Waals surface area contributed by atoms with Crippen molar-refractivity contribution in [1.29, 1.82) is 0 Å².